The molecule has 1 saturated carbocycles. The highest BCUT2D eigenvalue weighted by Gasteiger charge is 2.49. The molecule has 0 radical (unpaired) electrons. The standard InChI is InChI=1S/C30H36ClN5O5/c1-18(2)40-27(38)20-8-11-30(12-9-20)19(3)35(25-15-32-13-10-22(25)30)16-26-33-23-7-6-21(31)14-24(23)36(26)34-28(39)41-29(4,5)17-37/h6-7,10,13-15,18,20,37H,3,8-9,11-12,16-17H2,1-2,4-5H3,(H,34,39). The number of aliphatic hydroxyl groups excluding tert-OH is 1. The Bertz CT molecular complexity index is 1490. The zero-order chi connectivity index (χ0) is 29.5. The number of ether oxygens (including phenoxy) is 2. The number of nitrogens with zero attached hydrogens (tertiary/aromatic N) is 4. The monoisotopic (exact) mass is 581 g/mol. The van der Waals surface area contributed by atoms with Gasteiger partial charge in [0.15, 0.2) is 0 Å². The Kier molecular flexibility index (Phi) is 7.74. The Morgan fingerprint density at radius 2 is 2.00 bits per heavy atom. The molecule has 0 atom stereocenters. The Balaban J connectivity index is 1.46. The van der Waals surface area contributed by atoms with Crippen molar-refractivity contribution in [1.29, 1.82) is 0 Å². The second kappa shape index (κ2) is 11.0. The van der Waals surface area contributed by atoms with Crippen molar-refractivity contribution in [3.63, 3.8) is 0 Å². The molecule has 0 bridgehead atoms. The van der Waals surface area contributed by atoms with Crippen LogP contribution in [-0.2, 0) is 26.2 Å². The minimum absolute atomic E-state index is 0.137. The van der Waals surface area contributed by atoms with Gasteiger partial charge in [0.2, 0.25) is 0 Å². The van der Waals surface area contributed by atoms with Gasteiger partial charge >= 0.3 is 12.1 Å². The summed E-state index contributed by atoms with van der Waals surface area (Å²) in [7, 11) is 0. The van der Waals surface area contributed by atoms with Crippen LogP contribution in [-0.4, -0.2) is 50.1 Å². The van der Waals surface area contributed by atoms with Crippen molar-refractivity contribution in [1.82, 2.24) is 14.6 Å². The van der Waals surface area contributed by atoms with E-state index in [0.717, 1.165) is 29.8 Å². The third-order valence-electron chi connectivity index (χ3n) is 7.95. The number of carbonyl (C=O) groups is 2. The summed E-state index contributed by atoms with van der Waals surface area (Å²) in [5.74, 6) is 0.255. The number of carbonyl (C=O) groups excluding carboxylic acids is 2. The van der Waals surface area contributed by atoms with Gasteiger partial charge in [0.05, 0.1) is 48.1 Å². The van der Waals surface area contributed by atoms with E-state index < -0.39 is 11.7 Å². The van der Waals surface area contributed by atoms with Gasteiger partial charge in [-0.25, -0.2) is 19.9 Å². The van der Waals surface area contributed by atoms with Crippen molar-refractivity contribution >= 4 is 40.4 Å². The van der Waals surface area contributed by atoms with Crippen molar-refractivity contribution in [2.24, 2.45) is 5.92 Å². The van der Waals surface area contributed by atoms with Crippen molar-refractivity contribution < 1.29 is 24.2 Å². The lowest BCUT2D eigenvalue weighted by molar-refractivity contribution is -0.153. The van der Waals surface area contributed by atoms with Gasteiger partial charge in [-0.1, -0.05) is 18.2 Å². The number of hydrogen-bond donors (Lipinski definition) is 2. The number of allylic oxidation sites excluding steroid dienone is 1. The van der Waals surface area contributed by atoms with Crippen LogP contribution in [0.5, 0.6) is 0 Å². The molecular weight excluding hydrogens is 546 g/mol. The topological polar surface area (TPSA) is 119 Å². The molecule has 3 heterocycles. The molecule has 2 N–H and O–H groups in total. The van der Waals surface area contributed by atoms with Gasteiger partial charge in [-0.2, -0.15) is 0 Å². The Morgan fingerprint density at radius 1 is 1.27 bits per heavy atom. The maximum absolute atomic E-state index is 12.9. The van der Waals surface area contributed by atoms with E-state index >= 15 is 0 Å². The number of anilines is 1. The smallest absolute Gasteiger partial charge is 0.427 e. The number of pyridine rings is 1. The van der Waals surface area contributed by atoms with Gasteiger partial charge in [-0.05, 0) is 83.2 Å². The van der Waals surface area contributed by atoms with Crippen LogP contribution in [0.15, 0.2) is 48.9 Å². The summed E-state index contributed by atoms with van der Waals surface area (Å²) in [6.45, 7) is 11.5. The third-order valence-corrected chi connectivity index (χ3v) is 8.18. The van der Waals surface area contributed by atoms with Gasteiger partial charge in [-0.15, -0.1) is 0 Å². The number of amides is 1. The molecule has 11 heteroatoms. The van der Waals surface area contributed by atoms with Crippen molar-refractivity contribution in [2.75, 3.05) is 16.9 Å². The number of benzene rings is 1. The average Bonchev–Trinajstić information content (AvgIpc) is 3.36. The number of imidazole rings is 1. The third kappa shape index (κ3) is 5.50. The molecule has 1 fully saturated rings. The van der Waals surface area contributed by atoms with E-state index in [4.69, 9.17) is 26.1 Å². The van der Waals surface area contributed by atoms with Crippen LogP contribution < -0.4 is 10.3 Å². The number of fused-ring (bicyclic) bond motifs is 3. The molecule has 5 rings (SSSR count). The maximum atomic E-state index is 12.9. The predicted molar refractivity (Wildman–Crippen MR) is 156 cm³/mol. The van der Waals surface area contributed by atoms with E-state index in [-0.39, 0.29) is 36.6 Å². The van der Waals surface area contributed by atoms with Crippen LogP contribution in [0.1, 0.15) is 64.8 Å². The number of nitrogens with one attached hydrogen (secondary N) is 1. The molecule has 218 valence electrons. The quantitative estimate of drug-likeness (QED) is 0.354. The lowest BCUT2D eigenvalue weighted by atomic mass is 9.66. The fourth-order valence-corrected chi connectivity index (χ4v) is 6.01. The second-order valence-corrected chi connectivity index (χ2v) is 12.1. The minimum Gasteiger partial charge on any atom is -0.463 e. The van der Waals surface area contributed by atoms with Crippen LogP contribution in [0.4, 0.5) is 10.5 Å². The Morgan fingerprint density at radius 3 is 2.68 bits per heavy atom. The SMILES string of the molecule is C=C1N(Cc2nc3ccc(Cl)cc3n2NC(=O)OC(C)(C)CO)c2cnccc2C12CCC(C(=O)OC(C)C)CC2. The van der Waals surface area contributed by atoms with Crippen LogP contribution >= 0.6 is 11.6 Å². The molecule has 1 aromatic carbocycles. The zero-order valence-electron chi connectivity index (χ0n) is 23.8. The molecule has 1 aliphatic carbocycles. The number of aliphatic hydroxyl groups is 1. The second-order valence-electron chi connectivity index (χ2n) is 11.7. The molecule has 1 amide bonds. The summed E-state index contributed by atoms with van der Waals surface area (Å²) in [6, 6.07) is 7.28. The van der Waals surface area contributed by atoms with Crippen molar-refractivity contribution in [2.45, 2.75) is 77.0 Å². The molecule has 2 aliphatic rings. The Hall–Kier alpha value is -3.63. The Labute approximate surface area is 244 Å². The molecule has 0 saturated heterocycles. The van der Waals surface area contributed by atoms with Gasteiger partial charge in [0, 0.05) is 22.3 Å². The fourth-order valence-electron chi connectivity index (χ4n) is 5.85. The van der Waals surface area contributed by atoms with Gasteiger partial charge in [0.1, 0.15) is 11.4 Å². The zero-order valence-corrected chi connectivity index (χ0v) is 24.6. The first kappa shape index (κ1) is 28.9. The average molecular weight is 582 g/mol. The molecule has 3 aromatic rings. The lowest BCUT2D eigenvalue weighted by Crippen LogP contribution is -2.38. The van der Waals surface area contributed by atoms with Crippen molar-refractivity contribution in [3.05, 3.63) is 65.3 Å². The van der Waals surface area contributed by atoms with Crippen LogP contribution in [0, 0.1) is 5.92 Å². The van der Waals surface area contributed by atoms with Gasteiger partial charge < -0.3 is 19.5 Å². The molecule has 41 heavy (non-hydrogen) atoms. The van der Waals surface area contributed by atoms with Crippen LogP contribution in [0.2, 0.25) is 5.02 Å². The minimum atomic E-state index is -1.07. The molecule has 0 unspecified atom stereocenters. The molecule has 1 spiro atoms. The highest BCUT2D eigenvalue weighted by atomic mass is 35.5. The molecular formula is C30H36ClN5O5. The summed E-state index contributed by atoms with van der Waals surface area (Å²) >= 11 is 6.30. The van der Waals surface area contributed by atoms with Crippen molar-refractivity contribution in [3.8, 4) is 0 Å². The first-order valence-corrected chi connectivity index (χ1v) is 14.2. The first-order chi connectivity index (χ1) is 19.4. The fraction of sp³-hybridized carbons (Fsp3) is 0.467. The summed E-state index contributed by atoms with van der Waals surface area (Å²) in [5, 5.41) is 10.0. The first-order valence-electron chi connectivity index (χ1n) is 13.8. The van der Waals surface area contributed by atoms with Gasteiger partial charge in [-0.3, -0.25) is 9.78 Å². The number of halogens is 1. The molecule has 10 nitrogen and oxygen atoms in total. The summed E-state index contributed by atoms with van der Waals surface area (Å²) in [5.41, 5.74) is 5.53. The van der Waals surface area contributed by atoms with E-state index in [0.29, 0.717) is 34.7 Å². The maximum Gasteiger partial charge on any atom is 0.427 e. The number of aromatic nitrogens is 3. The number of hydrogen-bond acceptors (Lipinski definition) is 8. The van der Waals surface area contributed by atoms with Crippen LogP contribution in [0.25, 0.3) is 11.0 Å². The van der Waals surface area contributed by atoms with Crippen LogP contribution in [0.3, 0.4) is 0 Å². The number of rotatable bonds is 7. The highest BCUT2D eigenvalue weighted by molar-refractivity contribution is 6.31. The predicted octanol–water partition coefficient (Wildman–Crippen LogP) is 5.45. The van der Waals surface area contributed by atoms with Gasteiger partial charge in [0.25, 0.3) is 0 Å². The normalized spacial score (nSPS) is 20.5. The van der Waals surface area contributed by atoms with E-state index in [1.54, 1.807) is 42.9 Å². The molecule has 1 aliphatic heterocycles. The summed E-state index contributed by atoms with van der Waals surface area (Å²) in [6.07, 6.45) is 5.63. The summed E-state index contributed by atoms with van der Waals surface area (Å²) in [4.78, 5) is 36.8. The lowest BCUT2D eigenvalue weighted by Gasteiger charge is -2.38. The highest BCUT2D eigenvalue weighted by Crippen LogP contribution is 2.55. The largest absolute Gasteiger partial charge is 0.463 e. The summed E-state index contributed by atoms with van der Waals surface area (Å²) < 4.78 is 12.5. The van der Waals surface area contributed by atoms with E-state index in [2.05, 4.69) is 21.9 Å². The van der Waals surface area contributed by atoms with E-state index in [1.165, 1.54) is 0 Å². The van der Waals surface area contributed by atoms with E-state index in [9.17, 15) is 14.7 Å². The van der Waals surface area contributed by atoms with E-state index in [1.807, 2.05) is 26.1 Å². The molecule has 2 aromatic heterocycles. The number of esters is 1.